The second-order valence-corrected chi connectivity index (χ2v) is 13.8. The second-order valence-electron chi connectivity index (χ2n) is 13.8. The van der Waals surface area contributed by atoms with Crippen molar-refractivity contribution in [1.29, 1.82) is 0 Å². The Morgan fingerprint density at radius 2 is 1.30 bits per heavy atom. The average molecular weight is 605 g/mol. The van der Waals surface area contributed by atoms with E-state index in [1.165, 1.54) is 22.3 Å². The molecule has 2 N–H and O–H groups in total. The molecule has 5 heterocycles. The number of aliphatic carboxylic acids is 2. The van der Waals surface area contributed by atoms with Gasteiger partial charge in [-0.2, -0.15) is 0 Å². The van der Waals surface area contributed by atoms with Crippen molar-refractivity contribution in [2.45, 2.75) is 141 Å². The fourth-order valence-electron chi connectivity index (χ4n) is 9.35. The van der Waals surface area contributed by atoms with Crippen LogP contribution in [0.1, 0.15) is 95.3 Å². The zero-order valence-corrected chi connectivity index (χ0v) is 28.2. The maximum Gasteiger partial charge on any atom is 2.00 e. The zero-order valence-electron chi connectivity index (χ0n) is 28.8. The van der Waals surface area contributed by atoms with Gasteiger partial charge in [0.15, 0.2) is 0 Å². The van der Waals surface area contributed by atoms with Crippen molar-refractivity contribution in [2.24, 2.45) is 23.7 Å². The Morgan fingerprint density at radius 1 is 0.814 bits per heavy atom. The van der Waals surface area contributed by atoms with Crippen molar-refractivity contribution in [1.82, 2.24) is 10.6 Å². The molecule has 0 radical (unpaired) electrons. The van der Waals surface area contributed by atoms with Crippen LogP contribution < -0.4 is 20.8 Å². The molecule has 0 saturated carbocycles. The molecule has 5 aliphatic heterocycles. The van der Waals surface area contributed by atoms with E-state index in [4.69, 9.17) is 10.6 Å². The average Bonchev–Trinajstić information content (AvgIpc) is 3.59. The van der Waals surface area contributed by atoms with Crippen molar-refractivity contribution >= 4 is 35.0 Å². The summed E-state index contributed by atoms with van der Waals surface area (Å²) < 4.78 is 0. The first-order valence-electron chi connectivity index (χ1n) is 16.4. The minimum Gasteiger partial charge on any atom is -0.656 e. The smallest absolute Gasteiger partial charge is 0.656 e. The number of carbonyl (C=O) groups excluding carboxylic acids is 2. The quantitative estimate of drug-likeness (QED) is 0.323. The van der Waals surface area contributed by atoms with Gasteiger partial charge in [0.25, 0.3) is 0 Å². The predicted octanol–water partition coefficient (Wildman–Crippen LogP) is 3.13. The molecule has 12 unspecified atom stereocenters. The SMILES string of the molecule is C=CC1=C(C)C2CC3NC(CC4[N-]C(CC5[N-]C(CC1N2)C(C)C5CCC(=O)[O-])C(CCC(=O)[O-])C4C)C(C)=C3CC.[H+].[H+].[Mg+2]. The number of fused-ring (bicyclic) bond motifs is 8. The third kappa shape index (κ3) is 7.12. The maximum atomic E-state index is 11.5. The van der Waals surface area contributed by atoms with Crippen LogP contribution in [0.5, 0.6) is 0 Å². The van der Waals surface area contributed by atoms with E-state index in [-0.39, 0.29) is 105 Å². The molecule has 43 heavy (non-hydrogen) atoms. The van der Waals surface area contributed by atoms with Crippen molar-refractivity contribution < 1.29 is 22.7 Å². The van der Waals surface area contributed by atoms with E-state index in [2.05, 4.69) is 51.8 Å². The van der Waals surface area contributed by atoms with Crippen LogP contribution in [-0.2, 0) is 9.59 Å². The number of rotatable bonds is 8. The van der Waals surface area contributed by atoms with Gasteiger partial charge in [-0.3, -0.25) is 0 Å². The summed E-state index contributed by atoms with van der Waals surface area (Å²) in [5, 5.41) is 41.8. The van der Waals surface area contributed by atoms with Gasteiger partial charge >= 0.3 is 25.9 Å². The van der Waals surface area contributed by atoms with Gasteiger partial charge < -0.3 is 41.1 Å². The first kappa shape index (κ1) is 34.6. The van der Waals surface area contributed by atoms with Crippen LogP contribution in [0.15, 0.2) is 34.9 Å². The second kappa shape index (κ2) is 14.5. The first-order chi connectivity index (χ1) is 20.0. The first-order valence-corrected chi connectivity index (χ1v) is 16.4. The van der Waals surface area contributed by atoms with Crippen LogP contribution in [-0.4, -0.2) is 83.3 Å². The molecule has 8 nitrogen and oxygen atoms in total. The Balaban J connectivity index is 0.00000235. The summed E-state index contributed by atoms with van der Waals surface area (Å²) in [6, 6.07) is 1.24. The van der Waals surface area contributed by atoms with Gasteiger partial charge in [0.05, 0.1) is 0 Å². The molecule has 8 bridgehead atoms. The Kier molecular flexibility index (Phi) is 11.6. The van der Waals surface area contributed by atoms with E-state index in [9.17, 15) is 19.8 Å². The molecule has 0 aromatic rings. The molecule has 5 rings (SSSR count). The van der Waals surface area contributed by atoms with E-state index in [0.29, 0.717) is 18.9 Å². The Morgan fingerprint density at radius 3 is 1.79 bits per heavy atom. The molecule has 9 heteroatoms. The van der Waals surface area contributed by atoms with Gasteiger partial charge in [-0.15, -0.1) is 24.2 Å². The molecule has 0 aromatic carbocycles. The Hall–Kier alpha value is -1.23. The van der Waals surface area contributed by atoms with E-state index < -0.39 is 11.9 Å². The number of nitrogens with zero attached hydrogens (tertiary/aromatic N) is 2. The number of carbonyl (C=O) groups is 2. The van der Waals surface area contributed by atoms with Crippen LogP contribution in [0.3, 0.4) is 0 Å². The Labute approximate surface area is 277 Å². The minimum atomic E-state index is -1.01. The van der Waals surface area contributed by atoms with Crippen LogP contribution in [0.2, 0.25) is 0 Å². The number of nitrogens with one attached hydrogen (secondary N) is 2. The van der Waals surface area contributed by atoms with E-state index in [1.54, 1.807) is 0 Å². The molecule has 5 aliphatic rings. The molecule has 234 valence electrons. The van der Waals surface area contributed by atoms with Gasteiger partial charge in [0.1, 0.15) is 0 Å². The van der Waals surface area contributed by atoms with E-state index in [1.807, 2.05) is 6.08 Å². The summed E-state index contributed by atoms with van der Waals surface area (Å²) in [5.74, 6) is -1.23. The molecular formula is C34H52MgN4O4. The van der Waals surface area contributed by atoms with Crippen molar-refractivity contribution in [3.63, 3.8) is 0 Å². The molecule has 3 saturated heterocycles. The van der Waals surface area contributed by atoms with Crippen LogP contribution in [0, 0.1) is 23.7 Å². The molecular weight excluding hydrogens is 553 g/mol. The largest absolute Gasteiger partial charge is 2.00 e. The summed E-state index contributed by atoms with van der Waals surface area (Å²) in [7, 11) is 0. The maximum absolute atomic E-state index is 11.5. The summed E-state index contributed by atoms with van der Waals surface area (Å²) in [6.45, 7) is 15.4. The summed E-state index contributed by atoms with van der Waals surface area (Å²) in [4.78, 5) is 23.0. The van der Waals surface area contributed by atoms with E-state index in [0.717, 1.165) is 32.1 Å². The number of hydrogen-bond acceptors (Lipinski definition) is 6. The molecule has 3 fully saturated rings. The van der Waals surface area contributed by atoms with Crippen LogP contribution >= 0.6 is 0 Å². The fourth-order valence-corrected chi connectivity index (χ4v) is 9.35. The van der Waals surface area contributed by atoms with E-state index >= 15 is 0 Å². The molecule has 0 spiro atoms. The van der Waals surface area contributed by atoms with Gasteiger partial charge in [-0.25, -0.2) is 0 Å². The van der Waals surface area contributed by atoms with Gasteiger partial charge in [-0.1, -0.05) is 80.2 Å². The Bertz CT molecular complexity index is 1130. The minimum absolute atomic E-state index is 0. The summed E-state index contributed by atoms with van der Waals surface area (Å²) in [5.41, 5.74) is 5.60. The number of carboxylic acids is 2. The van der Waals surface area contributed by atoms with Gasteiger partial charge in [-0.05, 0) is 70.8 Å². The monoisotopic (exact) mass is 604 g/mol. The number of hydrogen-bond donors (Lipinski definition) is 2. The number of carboxylic acid groups (broad SMARTS) is 2. The van der Waals surface area contributed by atoms with Crippen LogP contribution in [0.4, 0.5) is 0 Å². The molecule has 0 aromatic heterocycles. The van der Waals surface area contributed by atoms with Crippen molar-refractivity contribution in [2.75, 3.05) is 0 Å². The fraction of sp³-hybridized carbons (Fsp3) is 0.765. The summed E-state index contributed by atoms with van der Waals surface area (Å²) >= 11 is 0. The third-order valence-corrected chi connectivity index (χ3v) is 11.8. The summed E-state index contributed by atoms with van der Waals surface area (Å²) in [6.07, 6.45) is 7.71. The standard InChI is InChI=1S/C34H52N4O4.Mg/c1-7-21-17(3)25-13-26-19(5)23(9-11-33(39)40)31(37-26)16-32-24(10-12-34(41)42)20(6)28(38-32)15-30-22(8-2)18(4)27(36-30)14-29(21)35-25;/h8,19-20,23-32,35-36H,2,7,9-16H2,1,3-6H3,(H,39,40)(H,41,42);/q-2;+2. The van der Waals surface area contributed by atoms with Crippen molar-refractivity contribution in [3.05, 3.63) is 45.6 Å². The topological polar surface area (TPSA) is 133 Å². The van der Waals surface area contributed by atoms with Gasteiger partial charge in [0.2, 0.25) is 0 Å². The van der Waals surface area contributed by atoms with Crippen LogP contribution in [0.25, 0.3) is 10.6 Å². The zero-order chi connectivity index (χ0) is 30.3. The molecule has 0 aliphatic carbocycles. The van der Waals surface area contributed by atoms with Gasteiger partial charge in [0, 0.05) is 36.1 Å². The predicted molar refractivity (Wildman–Crippen MR) is 169 cm³/mol. The normalized spacial score (nSPS) is 41.0. The molecule has 12 atom stereocenters. The van der Waals surface area contributed by atoms with Crippen molar-refractivity contribution in [3.8, 4) is 0 Å². The third-order valence-electron chi connectivity index (χ3n) is 11.8. The molecule has 0 amide bonds.